The SMILES string of the molecule is CC1(C)c2ccccc2-c2cc(-c3c4ccccc4c(-c4cc(-c5ccccc5)nc(-c5ccccc5)n4)c4ccc(-c5ccc6ccccc6c5)cc34)ccc21. The molecule has 0 saturated carbocycles. The van der Waals surface area contributed by atoms with Gasteiger partial charge in [0.05, 0.1) is 11.4 Å². The molecule has 1 aromatic heterocycles. The Labute approximate surface area is 332 Å². The smallest absolute Gasteiger partial charge is 0.160 e. The van der Waals surface area contributed by atoms with Gasteiger partial charge in [-0.15, -0.1) is 0 Å². The molecule has 0 atom stereocenters. The minimum absolute atomic E-state index is 0.0678. The Balaban J connectivity index is 1.23. The van der Waals surface area contributed by atoms with Gasteiger partial charge in [-0.2, -0.15) is 0 Å². The molecule has 2 nitrogen and oxygen atoms in total. The lowest BCUT2D eigenvalue weighted by Crippen LogP contribution is -2.14. The Bertz CT molecular complexity index is 3140. The molecule has 0 amide bonds. The Morgan fingerprint density at radius 2 is 0.912 bits per heavy atom. The van der Waals surface area contributed by atoms with E-state index in [2.05, 4.69) is 202 Å². The summed E-state index contributed by atoms with van der Waals surface area (Å²) in [4.78, 5) is 10.5. The van der Waals surface area contributed by atoms with Gasteiger partial charge in [0.25, 0.3) is 0 Å². The van der Waals surface area contributed by atoms with E-state index in [1.807, 2.05) is 6.07 Å². The number of aromatic nitrogens is 2. The molecule has 9 aromatic carbocycles. The molecule has 268 valence electrons. The largest absolute Gasteiger partial charge is 0.228 e. The number of hydrogen-bond donors (Lipinski definition) is 0. The van der Waals surface area contributed by atoms with Crippen molar-refractivity contribution in [3.8, 4) is 67.3 Å². The van der Waals surface area contributed by atoms with Crippen LogP contribution in [0.4, 0.5) is 0 Å². The van der Waals surface area contributed by atoms with E-state index in [9.17, 15) is 0 Å². The highest BCUT2D eigenvalue weighted by Gasteiger charge is 2.35. The zero-order chi connectivity index (χ0) is 38.1. The van der Waals surface area contributed by atoms with Crippen molar-refractivity contribution in [3.05, 3.63) is 205 Å². The summed E-state index contributed by atoms with van der Waals surface area (Å²) < 4.78 is 0. The van der Waals surface area contributed by atoms with Gasteiger partial charge in [-0.05, 0) is 101 Å². The first-order valence-electron chi connectivity index (χ1n) is 19.7. The van der Waals surface area contributed by atoms with Gasteiger partial charge < -0.3 is 0 Å². The van der Waals surface area contributed by atoms with E-state index in [4.69, 9.17) is 9.97 Å². The van der Waals surface area contributed by atoms with E-state index >= 15 is 0 Å². The highest BCUT2D eigenvalue weighted by atomic mass is 14.9. The quantitative estimate of drug-likeness (QED) is 0.165. The number of fused-ring (bicyclic) bond motifs is 6. The molecule has 0 aliphatic heterocycles. The van der Waals surface area contributed by atoms with Crippen LogP contribution in [-0.2, 0) is 5.41 Å². The molecular weight excluding hydrogens is 689 g/mol. The van der Waals surface area contributed by atoms with Crippen LogP contribution in [0.25, 0.3) is 99.6 Å². The molecule has 1 aliphatic rings. The van der Waals surface area contributed by atoms with Crippen LogP contribution in [0.3, 0.4) is 0 Å². The van der Waals surface area contributed by atoms with E-state index in [1.54, 1.807) is 0 Å². The minimum Gasteiger partial charge on any atom is -0.228 e. The van der Waals surface area contributed by atoms with Gasteiger partial charge >= 0.3 is 0 Å². The molecule has 10 aromatic rings. The van der Waals surface area contributed by atoms with E-state index in [0.29, 0.717) is 5.82 Å². The lowest BCUT2D eigenvalue weighted by Gasteiger charge is -2.22. The molecule has 0 unspecified atom stereocenters. The fourth-order valence-electron chi connectivity index (χ4n) is 9.24. The second-order valence-electron chi connectivity index (χ2n) is 15.7. The second-order valence-corrected chi connectivity index (χ2v) is 15.7. The van der Waals surface area contributed by atoms with Crippen LogP contribution in [0.5, 0.6) is 0 Å². The van der Waals surface area contributed by atoms with Crippen molar-refractivity contribution in [2.24, 2.45) is 0 Å². The summed E-state index contributed by atoms with van der Waals surface area (Å²) in [7, 11) is 0. The first kappa shape index (κ1) is 33.2. The summed E-state index contributed by atoms with van der Waals surface area (Å²) >= 11 is 0. The average Bonchev–Trinajstić information content (AvgIpc) is 3.50. The van der Waals surface area contributed by atoms with Crippen molar-refractivity contribution in [1.82, 2.24) is 9.97 Å². The van der Waals surface area contributed by atoms with Gasteiger partial charge in [-0.25, -0.2) is 9.97 Å². The normalized spacial score (nSPS) is 12.9. The topological polar surface area (TPSA) is 25.8 Å². The molecule has 0 saturated heterocycles. The maximum Gasteiger partial charge on any atom is 0.160 e. The molecule has 0 N–H and O–H groups in total. The number of hydrogen-bond acceptors (Lipinski definition) is 2. The monoisotopic (exact) mass is 726 g/mol. The summed E-state index contributed by atoms with van der Waals surface area (Å²) in [5, 5.41) is 7.19. The zero-order valence-corrected chi connectivity index (χ0v) is 31.9. The predicted molar refractivity (Wildman–Crippen MR) is 239 cm³/mol. The molecule has 0 radical (unpaired) electrons. The standard InChI is InChI=1S/C55H38N2/c1-55(2)48-24-14-13-21-42(48)46-33-41(28-30-49(46)55)52-43-22-11-12-23-44(43)53(45-29-27-40(32-47(45)52)39-26-25-35-15-9-10-20-38(35)31-39)51-34-50(36-16-5-3-6-17-36)56-54(57-51)37-18-7-4-8-19-37/h3-34H,1-2H3. The summed E-state index contributed by atoms with van der Waals surface area (Å²) in [5.41, 5.74) is 15.1. The first-order valence-corrected chi connectivity index (χ1v) is 19.7. The van der Waals surface area contributed by atoms with E-state index in [-0.39, 0.29) is 5.41 Å². The van der Waals surface area contributed by atoms with Crippen molar-refractivity contribution < 1.29 is 0 Å². The molecule has 11 rings (SSSR count). The van der Waals surface area contributed by atoms with Crippen molar-refractivity contribution in [3.63, 3.8) is 0 Å². The van der Waals surface area contributed by atoms with E-state index in [0.717, 1.165) is 38.9 Å². The van der Waals surface area contributed by atoms with Gasteiger partial charge in [-0.3, -0.25) is 0 Å². The van der Waals surface area contributed by atoms with Gasteiger partial charge in [-0.1, -0.05) is 184 Å². The minimum atomic E-state index is -0.0678. The molecule has 0 spiro atoms. The molecule has 0 fully saturated rings. The maximum absolute atomic E-state index is 5.39. The first-order chi connectivity index (χ1) is 28.0. The van der Waals surface area contributed by atoms with Gasteiger partial charge in [0.15, 0.2) is 5.82 Å². The van der Waals surface area contributed by atoms with Crippen LogP contribution in [0.1, 0.15) is 25.0 Å². The predicted octanol–water partition coefficient (Wildman–Crippen LogP) is 14.6. The number of rotatable bonds is 5. The lowest BCUT2D eigenvalue weighted by atomic mass is 9.81. The molecule has 1 aliphatic carbocycles. The molecular formula is C55H38N2. The fraction of sp³-hybridized carbons (Fsp3) is 0.0545. The summed E-state index contributed by atoms with van der Waals surface area (Å²) in [5.74, 6) is 0.709. The molecule has 2 heteroatoms. The molecule has 0 bridgehead atoms. The van der Waals surface area contributed by atoms with Crippen molar-refractivity contribution in [2.45, 2.75) is 19.3 Å². The van der Waals surface area contributed by atoms with Crippen molar-refractivity contribution in [1.29, 1.82) is 0 Å². The van der Waals surface area contributed by atoms with Crippen LogP contribution in [0.2, 0.25) is 0 Å². The summed E-state index contributed by atoms with van der Waals surface area (Å²) in [6.45, 7) is 4.70. The van der Waals surface area contributed by atoms with Crippen molar-refractivity contribution >= 4 is 32.3 Å². The Morgan fingerprint density at radius 1 is 0.333 bits per heavy atom. The summed E-state index contributed by atoms with van der Waals surface area (Å²) in [6.07, 6.45) is 0. The van der Waals surface area contributed by atoms with Crippen molar-refractivity contribution in [2.75, 3.05) is 0 Å². The fourth-order valence-corrected chi connectivity index (χ4v) is 9.24. The Hall–Kier alpha value is -7.16. The van der Waals surface area contributed by atoms with E-state index in [1.165, 1.54) is 66.1 Å². The van der Waals surface area contributed by atoms with Crippen LogP contribution in [0.15, 0.2) is 194 Å². The highest BCUT2D eigenvalue weighted by Crippen LogP contribution is 2.51. The summed E-state index contributed by atoms with van der Waals surface area (Å²) in [6, 6.07) is 70.3. The average molecular weight is 727 g/mol. The van der Waals surface area contributed by atoms with Crippen LogP contribution in [-0.4, -0.2) is 9.97 Å². The second kappa shape index (κ2) is 13.0. The van der Waals surface area contributed by atoms with Crippen LogP contribution < -0.4 is 0 Å². The zero-order valence-electron chi connectivity index (χ0n) is 31.9. The van der Waals surface area contributed by atoms with E-state index < -0.39 is 0 Å². The molecule has 57 heavy (non-hydrogen) atoms. The van der Waals surface area contributed by atoms with Gasteiger partial charge in [0.1, 0.15) is 0 Å². The number of benzene rings is 9. The Kier molecular flexibility index (Phi) is 7.55. The van der Waals surface area contributed by atoms with Gasteiger partial charge in [0.2, 0.25) is 0 Å². The number of nitrogens with zero attached hydrogens (tertiary/aromatic N) is 2. The lowest BCUT2D eigenvalue weighted by molar-refractivity contribution is 0.660. The highest BCUT2D eigenvalue weighted by molar-refractivity contribution is 6.22. The third kappa shape index (κ3) is 5.40. The van der Waals surface area contributed by atoms with Crippen LogP contribution in [0, 0.1) is 0 Å². The Morgan fingerprint density at radius 3 is 1.72 bits per heavy atom. The van der Waals surface area contributed by atoms with Crippen LogP contribution >= 0.6 is 0 Å². The maximum atomic E-state index is 5.39. The molecule has 1 heterocycles. The third-order valence-corrected chi connectivity index (χ3v) is 12.1. The third-order valence-electron chi connectivity index (χ3n) is 12.1. The van der Waals surface area contributed by atoms with Gasteiger partial charge in [0, 0.05) is 22.1 Å².